The van der Waals surface area contributed by atoms with E-state index >= 15 is 0 Å². The first-order valence-corrected chi connectivity index (χ1v) is 15.8. The minimum absolute atomic E-state index is 0.0419. The molecular formula is C38H45N5. The summed E-state index contributed by atoms with van der Waals surface area (Å²) in [4.78, 5) is 9.78. The van der Waals surface area contributed by atoms with Crippen LogP contribution in [0.4, 0.5) is 17.2 Å². The number of para-hydroxylation sites is 1. The van der Waals surface area contributed by atoms with Crippen molar-refractivity contribution in [3.63, 3.8) is 0 Å². The Kier molecular flexibility index (Phi) is 9.61. The summed E-state index contributed by atoms with van der Waals surface area (Å²) in [7, 11) is 0. The van der Waals surface area contributed by atoms with Gasteiger partial charge in [-0.05, 0) is 93.8 Å². The second kappa shape index (κ2) is 13.7. The van der Waals surface area contributed by atoms with Crippen LogP contribution < -0.4 is 14.8 Å². The molecule has 43 heavy (non-hydrogen) atoms. The minimum Gasteiger partial charge on any atom is -0.372 e. The summed E-state index contributed by atoms with van der Waals surface area (Å²) in [5.41, 5.74) is 8.12. The molecule has 0 saturated carbocycles. The van der Waals surface area contributed by atoms with Crippen LogP contribution in [0.25, 0.3) is 23.1 Å². The molecule has 0 N–H and O–H groups in total. The van der Waals surface area contributed by atoms with Gasteiger partial charge in [-0.3, -0.25) is 0 Å². The zero-order chi connectivity index (χ0) is 30.3. The lowest BCUT2D eigenvalue weighted by Gasteiger charge is -2.24. The van der Waals surface area contributed by atoms with Crippen molar-refractivity contribution in [2.24, 2.45) is 11.0 Å². The Bertz CT molecular complexity index is 1590. The molecule has 2 unspecified atom stereocenters. The van der Waals surface area contributed by atoms with Gasteiger partial charge in [-0.15, -0.1) is 0 Å². The first-order valence-electron chi connectivity index (χ1n) is 15.8. The lowest BCUT2D eigenvalue weighted by Crippen LogP contribution is -2.30. The third-order valence-electron chi connectivity index (χ3n) is 8.60. The first-order chi connectivity index (χ1) is 20.9. The van der Waals surface area contributed by atoms with Crippen molar-refractivity contribution in [3.8, 4) is 0 Å². The summed E-state index contributed by atoms with van der Waals surface area (Å²) in [6, 6.07) is 28.2. The van der Waals surface area contributed by atoms with Crippen LogP contribution in [-0.4, -0.2) is 42.9 Å². The number of hydrogen-bond acceptors (Lipinski definition) is 5. The molecule has 0 aliphatic carbocycles. The van der Waals surface area contributed by atoms with Gasteiger partial charge in [0.1, 0.15) is 5.82 Å². The normalized spacial score (nSPS) is 16.9. The van der Waals surface area contributed by atoms with Crippen LogP contribution in [0.5, 0.6) is 0 Å². The molecule has 3 aromatic carbocycles. The molecule has 0 bridgehead atoms. The van der Waals surface area contributed by atoms with E-state index in [1.165, 1.54) is 33.5 Å². The molecule has 0 spiro atoms. The number of benzene rings is 3. The molecule has 0 saturated heterocycles. The van der Waals surface area contributed by atoms with E-state index in [-0.39, 0.29) is 12.0 Å². The highest BCUT2D eigenvalue weighted by Gasteiger charge is 2.33. The van der Waals surface area contributed by atoms with E-state index in [0.29, 0.717) is 0 Å². The second-order valence-corrected chi connectivity index (χ2v) is 11.2. The number of aromatic nitrogens is 1. The Morgan fingerprint density at radius 2 is 1.28 bits per heavy atom. The van der Waals surface area contributed by atoms with Gasteiger partial charge in [-0.25, -0.2) is 9.99 Å². The topological polar surface area (TPSA) is 35.0 Å². The average molecular weight is 572 g/mol. The summed E-state index contributed by atoms with van der Waals surface area (Å²) in [5.74, 6) is 1.06. The second-order valence-electron chi connectivity index (χ2n) is 11.2. The number of aryl methyl sites for hydroxylation is 1. The van der Waals surface area contributed by atoms with Gasteiger partial charge in [0.25, 0.3) is 0 Å². The summed E-state index contributed by atoms with van der Waals surface area (Å²) in [5, 5.41) is 8.44. The van der Waals surface area contributed by atoms with E-state index in [0.717, 1.165) is 43.2 Å². The lowest BCUT2D eigenvalue weighted by molar-refractivity contribution is 0.654. The van der Waals surface area contributed by atoms with Gasteiger partial charge in [0, 0.05) is 48.9 Å². The lowest BCUT2D eigenvalue weighted by atomic mass is 9.95. The number of hydrazone groups is 1. The SMILES string of the molecule is CCN(CC)c1ccc(C=CC2=NN(c3cc(C)c4ccccc4n3)C(C=Cc3ccc(N(CC)CC)cc3)C2C)cc1. The van der Waals surface area contributed by atoms with Crippen LogP contribution in [-0.2, 0) is 0 Å². The van der Waals surface area contributed by atoms with E-state index < -0.39 is 0 Å². The standard InChI is InChI=1S/C38H45N5/c1-7-41(8-2)32-21-15-30(16-22-32)19-25-35-29(6)37(26-20-31-17-23-33(24-18-31)42(9-3)10-4)43(40-35)38-27-28(5)34-13-11-12-14-36(34)39-38/h11-27,29,37H,7-10H2,1-6H3. The van der Waals surface area contributed by atoms with Crippen molar-refractivity contribution in [1.82, 2.24) is 4.98 Å². The van der Waals surface area contributed by atoms with Crippen molar-refractivity contribution in [1.29, 1.82) is 0 Å². The van der Waals surface area contributed by atoms with Crippen molar-refractivity contribution in [3.05, 3.63) is 108 Å². The number of allylic oxidation sites excluding steroid dienone is 1. The van der Waals surface area contributed by atoms with Crippen molar-refractivity contribution in [2.75, 3.05) is 41.0 Å². The summed E-state index contributed by atoms with van der Waals surface area (Å²) in [6.45, 7) is 17.2. The van der Waals surface area contributed by atoms with Crippen LogP contribution >= 0.6 is 0 Å². The predicted molar refractivity (Wildman–Crippen MR) is 187 cm³/mol. The van der Waals surface area contributed by atoms with E-state index in [1.807, 2.05) is 6.07 Å². The van der Waals surface area contributed by atoms with Crippen molar-refractivity contribution in [2.45, 2.75) is 47.6 Å². The highest BCUT2D eigenvalue weighted by atomic mass is 15.5. The van der Waals surface area contributed by atoms with E-state index in [9.17, 15) is 0 Å². The smallest absolute Gasteiger partial charge is 0.150 e. The maximum absolute atomic E-state index is 5.16. The largest absolute Gasteiger partial charge is 0.372 e. The maximum atomic E-state index is 5.16. The zero-order valence-electron chi connectivity index (χ0n) is 26.5. The molecule has 0 amide bonds. The molecule has 5 rings (SSSR count). The molecule has 0 radical (unpaired) electrons. The summed E-state index contributed by atoms with van der Waals surface area (Å²) < 4.78 is 0. The summed E-state index contributed by atoms with van der Waals surface area (Å²) in [6.07, 6.45) is 8.86. The fraction of sp³-hybridized carbons (Fsp3) is 0.316. The van der Waals surface area contributed by atoms with Crippen LogP contribution in [0.3, 0.4) is 0 Å². The van der Waals surface area contributed by atoms with Crippen molar-refractivity contribution < 1.29 is 0 Å². The Labute approximate surface area is 257 Å². The van der Waals surface area contributed by atoms with Gasteiger partial charge < -0.3 is 9.80 Å². The van der Waals surface area contributed by atoms with Gasteiger partial charge >= 0.3 is 0 Å². The van der Waals surface area contributed by atoms with E-state index in [4.69, 9.17) is 10.1 Å². The van der Waals surface area contributed by atoms with Crippen LogP contribution in [0.15, 0.2) is 96.1 Å². The molecule has 5 nitrogen and oxygen atoms in total. The van der Waals surface area contributed by atoms with Gasteiger partial charge in [-0.2, -0.15) is 5.10 Å². The molecule has 2 heterocycles. The van der Waals surface area contributed by atoms with E-state index in [2.05, 4.69) is 153 Å². The molecular weight excluding hydrogens is 526 g/mol. The molecule has 1 aliphatic rings. The number of fused-ring (bicyclic) bond motifs is 1. The quantitative estimate of drug-likeness (QED) is 0.180. The van der Waals surface area contributed by atoms with Gasteiger partial charge in [0.2, 0.25) is 0 Å². The van der Waals surface area contributed by atoms with Crippen molar-refractivity contribution >= 4 is 46.0 Å². The Hall–Kier alpha value is -4.38. The molecule has 222 valence electrons. The number of hydrogen-bond donors (Lipinski definition) is 0. The summed E-state index contributed by atoms with van der Waals surface area (Å²) >= 11 is 0. The molecule has 1 aromatic heterocycles. The Morgan fingerprint density at radius 1 is 0.721 bits per heavy atom. The third kappa shape index (κ3) is 6.67. The molecule has 5 heteroatoms. The van der Waals surface area contributed by atoms with Crippen LogP contribution in [0.2, 0.25) is 0 Å². The number of nitrogens with zero attached hydrogens (tertiary/aromatic N) is 5. The highest BCUT2D eigenvalue weighted by molar-refractivity contribution is 6.03. The van der Waals surface area contributed by atoms with Gasteiger partial charge in [-0.1, -0.05) is 67.6 Å². The average Bonchev–Trinajstić information content (AvgIpc) is 3.36. The number of anilines is 3. The van der Waals surface area contributed by atoms with Gasteiger partial charge in [0.05, 0.1) is 17.3 Å². The minimum atomic E-state index is 0.0419. The van der Waals surface area contributed by atoms with Gasteiger partial charge in [0.15, 0.2) is 0 Å². The van der Waals surface area contributed by atoms with Crippen LogP contribution in [0.1, 0.15) is 51.3 Å². The molecule has 4 aromatic rings. The Morgan fingerprint density at radius 3 is 1.86 bits per heavy atom. The fourth-order valence-electron chi connectivity index (χ4n) is 5.92. The molecule has 1 aliphatic heterocycles. The zero-order valence-corrected chi connectivity index (χ0v) is 26.5. The first kappa shape index (κ1) is 30.1. The molecule has 2 atom stereocenters. The molecule has 0 fully saturated rings. The van der Waals surface area contributed by atoms with Crippen LogP contribution in [0, 0.1) is 12.8 Å². The Balaban J connectivity index is 1.45. The fourth-order valence-corrected chi connectivity index (χ4v) is 5.92. The maximum Gasteiger partial charge on any atom is 0.150 e. The number of rotatable bonds is 11. The highest BCUT2D eigenvalue weighted by Crippen LogP contribution is 2.32. The monoisotopic (exact) mass is 571 g/mol. The third-order valence-corrected chi connectivity index (χ3v) is 8.60. The van der Waals surface area contributed by atoms with E-state index in [1.54, 1.807) is 0 Å². The number of pyridine rings is 1. The predicted octanol–water partition coefficient (Wildman–Crippen LogP) is 8.84.